The van der Waals surface area contributed by atoms with E-state index >= 15 is 0 Å². The van der Waals surface area contributed by atoms with Gasteiger partial charge in [-0.25, -0.2) is 0 Å². The van der Waals surface area contributed by atoms with Crippen LogP contribution in [0.3, 0.4) is 0 Å². The van der Waals surface area contributed by atoms with E-state index in [1.165, 1.54) is 12.1 Å². The predicted octanol–water partition coefficient (Wildman–Crippen LogP) is 1.48. The molecule has 1 rings (SSSR count). The van der Waals surface area contributed by atoms with Gasteiger partial charge < -0.3 is 0 Å². The van der Waals surface area contributed by atoms with Gasteiger partial charge in [0.25, 0.3) is 20.2 Å². The molecule has 0 aliphatic heterocycles. The van der Waals surface area contributed by atoms with Crippen molar-refractivity contribution in [3.63, 3.8) is 0 Å². The maximum atomic E-state index is 11.3. The number of hydrogen-bond donors (Lipinski definition) is 2. The van der Waals surface area contributed by atoms with Crippen LogP contribution in [0.1, 0.15) is 26.3 Å². The van der Waals surface area contributed by atoms with Gasteiger partial charge in [0.2, 0.25) is 0 Å². The maximum Gasteiger partial charge on any atom is 0.296 e. The Morgan fingerprint density at radius 1 is 0.944 bits per heavy atom. The van der Waals surface area contributed by atoms with Crippen molar-refractivity contribution in [1.82, 2.24) is 0 Å². The highest BCUT2D eigenvalue weighted by Gasteiger charge is 2.31. The lowest BCUT2D eigenvalue weighted by molar-refractivity contribution is 0.459. The number of benzene rings is 1. The van der Waals surface area contributed by atoms with Crippen LogP contribution in [-0.2, 0) is 25.7 Å². The summed E-state index contributed by atoms with van der Waals surface area (Å²) in [5.41, 5.74) is -0.605. The molecule has 0 amide bonds. The summed E-state index contributed by atoms with van der Waals surface area (Å²) in [6.07, 6.45) is 0. The van der Waals surface area contributed by atoms with Gasteiger partial charge in [-0.3, -0.25) is 9.11 Å². The average Bonchev–Trinajstić information content (AvgIpc) is 2.12. The predicted molar refractivity (Wildman–Crippen MR) is 64.8 cm³/mol. The standard InChI is InChI=1S/C10H14O6S2/c1-10(2,3)7-5-4-6-8(17(11,12)13)9(7)18(14,15)16/h4-6H,1-3H3,(H,11,12,13)(H,14,15,16). The van der Waals surface area contributed by atoms with E-state index in [0.29, 0.717) is 0 Å². The van der Waals surface area contributed by atoms with E-state index in [1.807, 2.05) is 0 Å². The number of rotatable bonds is 2. The Labute approximate surface area is 106 Å². The van der Waals surface area contributed by atoms with E-state index in [1.54, 1.807) is 20.8 Å². The van der Waals surface area contributed by atoms with Gasteiger partial charge in [-0.2, -0.15) is 16.8 Å². The second-order valence-electron chi connectivity index (χ2n) is 4.83. The first-order valence-corrected chi connectivity index (χ1v) is 7.81. The maximum absolute atomic E-state index is 11.3. The van der Waals surface area contributed by atoms with Gasteiger partial charge >= 0.3 is 0 Å². The zero-order chi connectivity index (χ0) is 14.4. The molecule has 0 aromatic heterocycles. The zero-order valence-corrected chi connectivity index (χ0v) is 11.7. The normalized spacial score (nSPS) is 13.6. The van der Waals surface area contributed by atoms with Crippen molar-refractivity contribution in [2.45, 2.75) is 36.0 Å². The smallest absolute Gasteiger partial charge is 0.282 e. The Bertz CT molecular complexity index is 665. The zero-order valence-electron chi connectivity index (χ0n) is 10.1. The molecule has 102 valence electrons. The monoisotopic (exact) mass is 294 g/mol. The van der Waals surface area contributed by atoms with Crippen molar-refractivity contribution in [2.75, 3.05) is 0 Å². The molecule has 1 aromatic rings. The first kappa shape index (κ1) is 15.1. The van der Waals surface area contributed by atoms with Crippen molar-refractivity contribution in [3.8, 4) is 0 Å². The van der Waals surface area contributed by atoms with Gasteiger partial charge in [-0.05, 0) is 17.0 Å². The summed E-state index contributed by atoms with van der Waals surface area (Å²) in [5, 5.41) is 0. The Kier molecular flexibility index (Phi) is 3.61. The molecule has 8 heteroatoms. The van der Waals surface area contributed by atoms with Crippen molar-refractivity contribution in [3.05, 3.63) is 23.8 Å². The SMILES string of the molecule is CC(C)(C)c1cccc(S(=O)(=O)O)c1S(=O)(=O)O. The van der Waals surface area contributed by atoms with Crippen LogP contribution in [0.4, 0.5) is 0 Å². The Morgan fingerprint density at radius 2 is 1.44 bits per heavy atom. The Morgan fingerprint density at radius 3 is 1.78 bits per heavy atom. The third-order valence-corrected chi connectivity index (χ3v) is 4.30. The van der Waals surface area contributed by atoms with Gasteiger partial charge in [0, 0.05) is 0 Å². The van der Waals surface area contributed by atoms with E-state index in [0.717, 1.165) is 6.07 Å². The lowest BCUT2D eigenvalue weighted by Crippen LogP contribution is -2.19. The molecule has 0 heterocycles. The molecular formula is C10H14O6S2. The summed E-state index contributed by atoms with van der Waals surface area (Å²) >= 11 is 0. The molecule has 0 saturated heterocycles. The highest BCUT2D eigenvalue weighted by atomic mass is 32.2. The van der Waals surface area contributed by atoms with Crippen LogP contribution in [0, 0.1) is 0 Å². The summed E-state index contributed by atoms with van der Waals surface area (Å²) in [7, 11) is -9.51. The molecule has 0 radical (unpaired) electrons. The molecule has 0 spiro atoms. The van der Waals surface area contributed by atoms with Gasteiger partial charge in [0.15, 0.2) is 0 Å². The molecule has 6 nitrogen and oxygen atoms in total. The second-order valence-corrected chi connectivity index (χ2v) is 7.58. The summed E-state index contributed by atoms with van der Waals surface area (Å²) in [6, 6.07) is 3.61. The molecule has 0 saturated carbocycles. The van der Waals surface area contributed by atoms with Crippen LogP contribution in [0.2, 0.25) is 0 Å². The summed E-state index contributed by atoms with van der Waals surface area (Å²) < 4.78 is 63.2. The summed E-state index contributed by atoms with van der Waals surface area (Å²) in [5.74, 6) is 0. The van der Waals surface area contributed by atoms with Crippen LogP contribution >= 0.6 is 0 Å². The number of hydrogen-bond acceptors (Lipinski definition) is 4. The Hall–Kier alpha value is -0.960. The highest BCUT2D eigenvalue weighted by molar-refractivity contribution is 7.89. The fourth-order valence-corrected chi connectivity index (χ4v) is 3.78. The minimum atomic E-state index is -4.77. The van der Waals surface area contributed by atoms with Crippen LogP contribution in [0.15, 0.2) is 28.0 Å². The third-order valence-electron chi connectivity index (χ3n) is 2.32. The van der Waals surface area contributed by atoms with E-state index in [2.05, 4.69) is 0 Å². The van der Waals surface area contributed by atoms with Gasteiger partial charge in [-0.15, -0.1) is 0 Å². The largest absolute Gasteiger partial charge is 0.296 e. The van der Waals surface area contributed by atoms with E-state index in [4.69, 9.17) is 4.55 Å². The first-order valence-electron chi connectivity index (χ1n) is 4.93. The van der Waals surface area contributed by atoms with Gasteiger partial charge in [-0.1, -0.05) is 32.9 Å². The molecule has 1 aromatic carbocycles. The fraction of sp³-hybridized carbons (Fsp3) is 0.400. The minimum absolute atomic E-state index is 0.111. The van der Waals surface area contributed by atoms with Crippen molar-refractivity contribution in [1.29, 1.82) is 0 Å². The van der Waals surface area contributed by atoms with E-state index < -0.39 is 35.4 Å². The van der Waals surface area contributed by atoms with E-state index in [9.17, 15) is 21.4 Å². The highest BCUT2D eigenvalue weighted by Crippen LogP contribution is 2.33. The molecule has 0 fully saturated rings. The molecule has 0 atom stereocenters. The lowest BCUT2D eigenvalue weighted by Gasteiger charge is -2.22. The molecule has 18 heavy (non-hydrogen) atoms. The van der Waals surface area contributed by atoms with Crippen LogP contribution in [0.25, 0.3) is 0 Å². The second kappa shape index (κ2) is 4.30. The van der Waals surface area contributed by atoms with Gasteiger partial charge in [0.05, 0.1) is 0 Å². The topological polar surface area (TPSA) is 109 Å². The molecule has 0 unspecified atom stereocenters. The van der Waals surface area contributed by atoms with Crippen LogP contribution in [0.5, 0.6) is 0 Å². The minimum Gasteiger partial charge on any atom is -0.282 e. The van der Waals surface area contributed by atoms with E-state index in [-0.39, 0.29) is 5.56 Å². The molecule has 0 aliphatic rings. The summed E-state index contributed by atoms with van der Waals surface area (Å²) in [6.45, 7) is 4.97. The summed E-state index contributed by atoms with van der Waals surface area (Å²) in [4.78, 5) is -1.60. The average molecular weight is 294 g/mol. The van der Waals surface area contributed by atoms with Crippen molar-refractivity contribution >= 4 is 20.2 Å². The fourth-order valence-electron chi connectivity index (χ4n) is 1.58. The van der Waals surface area contributed by atoms with Gasteiger partial charge in [0.1, 0.15) is 9.79 Å². The van der Waals surface area contributed by atoms with Crippen LogP contribution < -0.4 is 0 Å². The molecule has 2 N–H and O–H groups in total. The Balaban J connectivity index is 3.91. The molecule has 0 aliphatic carbocycles. The van der Waals surface area contributed by atoms with Crippen molar-refractivity contribution in [2.24, 2.45) is 0 Å². The third kappa shape index (κ3) is 3.08. The quantitative estimate of drug-likeness (QED) is 0.800. The van der Waals surface area contributed by atoms with Crippen LogP contribution in [-0.4, -0.2) is 25.9 Å². The molecular weight excluding hydrogens is 280 g/mol. The lowest BCUT2D eigenvalue weighted by atomic mass is 9.87. The first-order chi connectivity index (χ1) is 7.85. The van der Waals surface area contributed by atoms with Crippen molar-refractivity contribution < 1.29 is 25.9 Å². The molecule has 0 bridgehead atoms.